The average Bonchev–Trinajstić information content (AvgIpc) is 2.65. The molecule has 1 unspecified atom stereocenters. The molecule has 5 nitrogen and oxygen atoms in total. The Kier molecular flexibility index (Phi) is 2.56. The van der Waals surface area contributed by atoms with Gasteiger partial charge in [-0.25, -0.2) is 4.98 Å². The highest BCUT2D eigenvalue weighted by Crippen LogP contribution is 2.33. The van der Waals surface area contributed by atoms with E-state index >= 15 is 0 Å². The summed E-state index contributed by atoms with van der Waals surface area (Å²) in [4.78, 5) is 12.6. The van der Waals surface area contributed by atoms with Crippen LogP contribution >= 0.6 is 0 Å². The van der Waals surface area contributed by atoms with E-state index in [0.29, 0.717) is 5.82 Å². The van der Waals surface area contributed by atoms with E-state index in [1.807, 2.05) is 13.8 Å². The third kappa shape index (κ3) is 1.92. The Balaban J connectivity index is 2.38. The maximum absolute atomic E-state index is 5.67. The molecule has 1 fully saturated rings. The van der Waals surface area contributed by atoms with Crippen molar-refractivity contribution >= 4 is 5.95 Å². The van der Waals surface area contributed by atoms with Gasteiger partial charge in [0, 0.05) is 13.0 Å². The number of aromatic nitrogens is 3. The summed E-state index contributed by atoms with van der Waals surface area (Å²) in [6.45, 7) is 4.77. The van der Waals surface area contributed by atoms with Crippen molar-refractivity contribution in [1.82, 2.24) is 15.0 Å². The lowest BCUT2D eigenvalue weighted by Crippen LogP contribution is -2.25. The third-order valence-electron chi connectivity index (χ3n) is 2.71. The average molecular weight is 208 g/mol. The van der Waals surface area contributed by atoms with Crippen molar-refractivity contribution in [2.45, 2.75) is 38.7 Å². The quantitative estimate of drug-likeness (QED) is 0.786. The number of rotatable bonds is 2. The van der Waals surface area contributed by atoms with Gasteiger partial charge in [0.2, 0.25) is 5.95 Å². The molecule has 1 aliphatic rings. The lowest BCUT2D eigenvalue weighted by atomic mass is 10.0. The molecule has 1 atom stereocenters. The molecule has 2 N–H and O–H groups in total. The van der Waals surface area contributed by atoms with Gasteiger partial charge in [0.1, 0.15) is 11.4 Å². The van der Waals surface area contributed by atoms with Crippen molar-refractivity contribution in [3.63, 3.8) is 0 Å². The molecule has 0 radical (unpaired) electrons. The highest BCUT2D eigenvalue weighted by atomic mass is 16.5. The second-order valence-corrected chi connectivity index (χ2v) is 3.97. The van der Waals surface area contributed by atoms with Gasteiger partial charge in [-0.15, -0.1) is 0 Å². The lowest BCUT2D eigenvalue weighted by molar-refractivity contribution is 0.00908. The van der Waals surface area contributed by atoms with E-state index in [9.17, 15) is 0 Å². The van der Waals surface area contributed by atoms with Gasteiger partial charge in [-0.05, 0) is 19.8 Å². The first-order valence-electron chi connectivity index (χ1n) is 5.29. The molecule has 0 aliphatic carbocycles. The molecule has 1 saturated heterocycles. The molecule has 15 heavy (non-hydrogen) atoms. The van der Waals surface area contributed by atoms with Gasteiger partial charge in [-0.1, -0.05) is 6.92 Å². The van der Waals surface area contributed by atoms with E-state index in [2.05, 4.69) is 15.0 Å². The minimum absolute atomic E-state index is 0.286. The summed E-state index contributed by atoms with van der Waals surface area (Å²) in [7, 11) is 0. The van der Waals surface area contributed by atoms with Crippen LogP contribution in [-0.2, 0) is 16.8 Å². The standard InChI is InChI=1S/C10H16N4O/c1-3-7-12-8(14-9(11)13-7)10(2)5-4-6-15-10/h3-6H2,1-2H3,(H2,11,12,13,14). The van der Waals surface area contributed by atoms with Crippen molar-refractivity contribution in [3.05, 3.63) is 11.6 Å². The Morgan fingerprint density at radius 1 is 1.40 bits per heavy atom. The molecular weight excluding hydrogens is 192 g/mol. The first kappa shape index (κ1) is 10.3. The van der Waals surface area contributed by atoms with E-state index in [4.69, 9.17) is 10.5 Å². The van der Waals surface area contributed by atoms with Crippen LogP contribution in [0.5, 0.6) is 0 Å². The zero-order valence-corrected chi connectivity index (χ0v) is 9.16. The van der Waals surface area contributed by atoms with E-state index in [1.165, 1.54) is 0 Å². The number of nitrogens with two attached hydrogens (primary N) is 1. The summed E-state index contributed by atoms with van der Waals surface area (Å²) in [5.74, 6) is 1.69. The van der Waals surface area contributed by atoms with Crippen LogP contribution in [0.2, 0.25) is 0 Å². The molecular formula is C10H16N4O. The number of hydrogen-bond acceptors (Lipinski definition) is 5. The van der Waals surface area contributed by atoms with Crippen molar-refractivity contribution in [2.75, 3.05) is 12.3 Å². The minimum atomic E-state index is -0.374. The third-order valence-corrected chi connectivity index (χ3v) is 2.71. The highest BCUT2D eigenvalue weighted by molar-refractivity contribution is 5.19. The fourth-order valence-corrected chi connectivity index (χ4v) is 1.79. The Bertz CT molecular complexity index is 360. The van der Waals surface area contributed by atoms with Gasteiger partial charge in [0.25, 0.3) is 0 Å². The smallest absolute Gasteiger partial charge is 0.223 e. The summed E-state index contributed by atoms with van der Waals surface area (Å²) in [5, 5.41) is 0. The van der Waals surface area contributed by atoms with Crippen LogP contribution in [0.25, 0.3) is 0 Å². The molecule has 0 aromatic carbocycles. The predicted molar refractivity (Wildman–Crippen MR) is 56.2 cm³/mol. The van der Waals surface area contributed by atoms with Gasteiger partial charge in [-0.3, -0.25) is 0 Å². The van der Waals surface area contributed by atoms with Crippen LogP contribution in [0, 0.1) is 0 Å². The maximum atomic E-state index is 5.67. The van der Waals surface area contributed by atoms with Crippen LogP contribution in [0.1, 0.15) is 38.3 Å². The number of hydrogen-bond donors (Lipinski definition) is 1. The van der Waals surface area contributed by atoms with E-state index < -0.39 is 0 Å². The molecule has 0 spiro atoms. The molecule has 0 saturated carbocycles. The van der Waals surface area contributed by atoms with Gasteiger partial charge in [0.05, 0.1) is 0 Å². The van der Waals surface area contributed by atoms with Crippen LogP contribution in [0.15, 0.2) is 0 Å². The molecule has 2 heterocycles. The number of nitrogens with zero attached hydrogens (tertiary/aromatic N) is 3. The molecule has 1 aromatic heterocycles. The van der Waals surface area contributed by atoms with Gasteiger partial charge in [0.15, 0.2) is 5.82 Å². The van der Waals surface area contributed by atoms with E-state index in [-0.39, 0.29) is 11.5 Å². The summed E-state index contributed by atoms with van der Waals surface area (Å²) in [5.41, 5.74) is 5.27. The van der Waals surface area contributed by atoms with Crippen molar-refractivity contribution in [1.29, 1.82) is 0 Å². The van der Waals surface area contributed by atoms with Crippen LogP contribution in [-0.4, -0.2) is 21.6 Å². The number of anilines is 1. The van der Waals surface area contributed by atoms with Gasteiger partial charge in [-0.2, -0.15) is 9.97 Å². The number of ether oxygens (including phenoxy) is 1. The molecule has 1 aliphatic heterocycles. The SMILES string of the molecule is CCc1nc(N)nc(C2(C)CCCO2)n1. The van der Waals surface area contributed by atoms with Gasteiger partial charge < -0.3 is 10.5 Å². The Morgan fingerprint density at radius 3 is 2.80 bits per heavy atom. The molecule has 0 amide bonds. The van der Waals surface area contributed by atoms with Gasteiger partial charge >= 0.3 is 0 Å². The first-order chi connectivity index (χ1) is 7.14. The lowest BCUT2D eigenvalue weighted by Gasteiger charge is -2.21. The van der Waals surface area contributed by atoms with E-state index in [1.54, 1.807) is 0 Å². The molecule has 1 aromatic rings. The van der Waals surface area contributed by atoms with Crippen molar-refractivity contribution < 1.29 is 4.74 Å². The molecule has 0 bridgehead atoms. The topological polar surface area (TPSA) is 73.9 Å². The summed E-state index contributed by atoms with van der Waals surface area (Å²) < 4.78 is 5.67. The first-order valence-corrected chi connectivity index (χ1v) is 5.29. The van der Waals surface area contributed by atoms with Crippen LogP contribution in [0.3, 0.4) is 0 Å². The zero-order chi connectivity index (χ0) is 10.9. The Hall–Kier alpha value is -1.23. The molecule has 82 valence electrons. The normalized spacial score (nSPS) is 25.7. The van der Waals surface area contributed by atoms with Crippen molar-refractivity contribution in [2.24, 2.45) is 0 Å². The summed E-state index contributed by atoms with van der Waals surface area (Å²) in [6.07, 6.45) is 2.75. The number of nitrogen functional groups attached to an aromatic ring is 1. The summed E-state index contributed by atoms with van der Waals surface area (Å²) >= 11 is 0. The Labute approximate surface area is 89.1 Å². The van der Waals surface area contributed by atoms with E-state index in [0.717, 1.165) is 31.7 Å². The largest absolute Gasteiger partial charge is 0.368 e. The minimum Gasteiger partial charge on any atom is -0.368 e. The zero-order valence-electron chi connectivity index (χ0n) is 9.16. The predicted octanol–water partition coefficient (Wildman–Crippen LogP) is 1.04. The summed E-state index contributed by atoms with van der Waals surface area (Å²) in [6, 6.07) is 0. The number of aryl methyl sites for hydroxylation is 1. The Morgan fingerprint density at radius 2 is 2.20 bits per heavy atom. The molecule has 2 rings (SSSR count). The molecule has 5 heteroatoms. The maximum Gasteiger partial charge on any atom is 0.223 e. The second-order valence-electron chi connectivity index (χ2n) is 3.97. The monoisotopic (exact) mass is 208 g/mol. The second kappa shape index (κ2) is 3.73. The highest BCUT2D eigenvalue weighted by Gasteiger charge is 2.35. The van der Waals surface area contributed by atoms with Crippen LogP contribution in [0.4, 0.5) is 5.95 Å². The fourth-order valence-electron chi connectivity index (χ4n) is 1.79. The van der Waals surface area contributed by atoms with Crippen molar-refractivity contribution in [3.8, 4) is 0 Å². The fraction of sp³-hybridized carbons (Fsp3) is 0.700. The van der Waals surface area contributed by atoms with Crippen LogP contribution < -0.4 is 5.73 Å².